The van der Waals surface area contributed by atoms with Crippen molar-refractivity contribution in [2.75, 3.05) is 0 Å². The molecule has 0 saturated carbocycles. The van der Waals surface area contributed by atoms with Crippen molar-refractivity contribution in [3.05, 3.63) is 34.4 Å². The van der Waals surface area contributed by atoms with E-state index in [2.05, 4.69) is 15.2 Å². The Balaban J connectivity index is 2.26. The fourth-order valence-corrected chi connectivity index (χ4v) is 2.51. The lowest BCUT2D eigenvalue weighted by Gasteiger charge is -2.06. The van der Waals surface area contributed by atoms with Crippen LogP contribution in [0, 0.1) is 0 Å². The van der Waals surface area contributed by atoms with Gasteiger partial charge in [-0.2, -0.15) is 0 Å². The second-order valence-corrected chi connectivity index (χ2v) is 5.16. The van der Waals surface area contributed by atoms with Gasteiger partial charge >= 0.3 is 5.69 Å². The first-order valence-electron chi connectivity index (χ1n) is 6.09. The molecule has 0 unspecified atom stereocenters. The largest absolute Gasteiger partial charge is 0.389 e. The van der Waals surface area contributed by atoms with E-state index in [1.807, 2.05) is 6.92 Å². The maximum atomic E-state index is 11.6. The molecule has 2 aromatic rings. The fraction of sp³-hybridized carbons (Fsp3) is 0.417. The molecule has 19 heavy (non-hydrogen) atoms. The number of aromatic nitrogens is 4. The van der Waals surface area contributed by atoms with E-state index in [1.54, 1.807) is 29.8 Å². The van der Waals surface area contributed by atoms with E-state index in [-0.39, 0.29) is 5.69 Å². The van der Waals surface area contributed by atoms with Crippen LogP contribution in [-0.4, -0.2) is 24.9 Å². The highest BCUT2D eigenvalue weighted by molar-refractivity contribution is 7.99. The molecule has 0 aliphatic carbocycles. The Morgan fingerprint density at radius 2 is 2.37 bits per heavy atom. The minimum absolute atomic E-state index is 0.212. The molecule has 0 bridgehead atoms. The van der Waals surface area contributed by atoms with Crippen molar-refractivity contribution in [3.63, 3.8) is 0 Å². The van der Waals surface area contributed by atoms with Crippen LogP contribution < -0.4 is 5.69 Å². The van der Waals surface area contributed by atoms with Gasteiger partial charge in [0.15, 0.2) is 5.16 Å². The zero-order chi connectivity index (χ0) is 13.8. The summed E-state index contributed by atoms with van der Waals surface area (Å²) in [5, 5.41) is 17.3. The van der Waals surface area contributed by atoms with Crippen LogP contribution >= 0.6 is 11.8 Å². The molecule has 0 aliphatic heterocycles. The molecule has 0 spiro atoms. The molecule has 2 N–H and O–H groups in total. The van der Waals surface area contributed by atoms with Crippen LogP contribution in [0.25, 0.3) is 0 Å². The van der Waals surface area contributed by atoms with Crippen molar-refractivity contribution in [2.24, 2.45) is 0 Å². The number of nitrogens with zero attached hydrogens (tertiary/aromatic N) is 3. The van der Waals surface area contributed by atoms with Gasteiger partial charge in [-0.3, -0.25) is 4.57 Å². The molecule has 2 rings (SSSR count). The summed E-state index contributed by atoms with van der Waals surface area (Å²) >= 11 is 1.30. The van der Waals surface area contributed by atoms with Crippen molar-refractivity contribution >= 4 is 11.8 Å². The molecular weight excluding hydrogens is 264 g/mol. The van der Waals surface area contributed by atoms with E-state index in [1.165, 1.54) is 11.8 Å². The monoisotopic (exact) mass is 280 g/mol. The van der Waals surface area contributed by atoms with Crippen molar-refractivity contribution in [1.82, 2.24) is 19.7 Å². The number of pyridine rings is 1. The van der Waals surface area contributed by atoms with Crippen LogP contribution in [-0.2, 0) is 6.54 Å². The average Bonchev–Trinajstić information content (AvgIpc) is 2.72. The number of nitrogens with one attached hydrogen (secondary N) is 1. The highest BCUT2D eigenvalue weighted by Gasteiger charge is 2.11. The van der Waals surface area contributed by atoms with Gasteiger partial charge < -0.3 is 5.11 Å². The third-order valence-electron chi connectivity index (χ3n) is 2.61. The van der Waals surface area contributed by atoms with Crippen molar-refractivity contribution < 1.29 is 5.11 Å². The van der Waals surface area contributed by atoms with E-state index < -0.39 is 6.10 Å². The average molecular weight is 280 g/mol. The summed E-state index contributed by atoms with van der Waals surface area (Å²) in [4.78, 5) is 15.8. The Kier molecular flexibility index (Phi) is 4.39. The number of aliphatic hydroxyl groups is 1. The van der Waals surface area contributed by atoms with E-state index >= 15 is 0 Å². The van der Waals surface area contributed by atoms with Crippen molar-refractivity contribution in [2.45, 2.75) is 43.1 Å². The minimum Gasteiger partial charge on any atom is -0.389 e. The highest BCUT2D eigenvalue weighted by atomic mass is 32.2. The Morgan fingerprint density at radius 1 is 1.58 bits per heavy atom. The van der Waals surface area contributed by atoms with Gasteiger partial charge in [0, 0.05) is 12.7 Å². The number of hydrogen-bond acceptors (Lipinski definition) is 5. The third-order valence-corrected chi connectivity index (χ3v) is 3.53. The van der Waals surface area contributed by atoms with E-state index in [4.69, 9.17) is 0 Å². The van der Waals surface area contributed by atoms with Crippen molar-refractivity contribution in [3.8, 4) is 0 Å². The number of H-pyrrole nitrogens is 1. The molecule has 0 fully saturated rings. The quantitative estimate of drug-likeness (QED) is 0.868. The summed E-state index contributed by atoms with van der Waals surface area (Å²) in [6, 6.07) is 3.56. The van der Waals surface area contributed by atoms with Gasteiger partial charge in [0.2, 0.25) is 0 Å². The second-order valence-electron chi connectivity index (χ2n) is 4.17. The molecule has 2 aromatic heterocycles. The van der Waals surface area contributed by atoms with Crippen LogP contribution in [0.5, 0.6) is 0 Å². The molecular formula is C12H16N4O2S. The normalized spacial score (nSPS) is 12.6. The van der Waals surface area contributed by atoms with Crippen LogP contribution in [0.4, 0.5) is 0 Å². The number of hydrogen-bond donors (Lipinski definition) is 2. The summed E-state index contributed by atoms with van der Waals surface area (Å²) in [5.74, 6) is 0. The molecule has 0 aromatic carbocycles. The fourth-order valence-electron chi connectivity index (χ4n) is 1.64. The topological polar surface area (TPSA) is 83.8 Å². The first-order valence-corrected chi connectivity index (χ1v) is 6.90. The summed E-state index contributed by atoms with van der Waals surface area (Å²) in [6.07, 6.45) is 1.95. The second kappa shape index (κ2) is 6.03. The van der Waals surface area contributed by atoms with Gasteiger partial charge in [0.05, 0.1) is 6.10 Å². The van der Waals surface area contributed by atoms with Gasteiger partial charge in [-0.15, -0.1) is 5.10 Å². The molecule has 0 radical (unpaired) electrons. The SMILES string of the molecule is CCCn1c(Sc2cc([C@@H](C)O)ccn2)n[nH]c1=O. The molecule has 0 saturated heterocycles. The lowest BCUT2D eigenvalue weighted by atomic mass is 10.2. The molecule has 102 valence electrons. The lowest BCUT2D eigenvalue weighted by molar-refractivity contribution is 0.199. The van der Waals surface area contributed by atoms with E-state index in [9.17, 15) is 9.90 Å². The predicted molar refractivity (Wildman–Crippen MR) is 72.1 cm³/mol. The lowest BCUT2D eigenvalue weighted by Crippen LogP contribution is -2.17. The predicted octanol–water partition coefficient (Wildman–Crippen LogP) is 1.58. The van der Waals surface area contributed by atoms with Gasteiger partial charge in [0.1, 0.15) is 5.03 Å². The number of aliphatic hydroxyl groups excluding tert-OH is 1. The Labute approximate surface area is 114 Å². The van der Waals surface area contributed by atoms with Gasteiger partial charge in [-0.1, -0.05) is 6.92 Å². The maximum Gasteiger partial charge on any atom is 0.343 e. The summed E-state index contributed by atoms with van der Waals surface area (Å²) in [6.45, 7) is 4.32. The molecule has 0 aliphatic rings. The van der Waals surface area contributed by atoms with Crippen LogP contribution in [0.3, 0.4) is 0 Å². The zero-order valence-electron chi connectivity index (χ0n) is 10.8. The van der Waals surface area contributed by atoms with Gasteiger partial charge in [0.25, 0.3) is 0 Å². The number of rotatable bonds is 5. The minimum atomic E-state index is -0.542. The van der Waals surface area contributed by atoms with Crippen LogP contribution in [0.1, 0.15) is 31.9 Å². The van der Waals surface area contributed by atoms with E-state index in [0.29, 0.717) is 16.7 Å². The molecule has 0 amide bonds. The summed E-state index contributed by atoms with van der Waals surface area (Å²) < 4.78 is 1.58. The number of aromatic amines is 1. The first-order chi connectivity index (χ1) is 9.11. The highest BCUT2D eigenvalue weighted by Crippen LogP contribution is 2.25. The first kappa shape index (κ1) is 13.8. The van der Waals surface area contributed by atoms with Gasteiger partial charge in [-0.05, 0) is 42.8 Å². The summed E-state index contributed by atoms with van der Waals surface area (Å²) in [5.41, 5.74) is 0.577. The maximum absolute atomic E-state index is 11.6. The van der Waals surface area contributed by atoms with Gasteiger partial charge in [-0.25, -0.2) is 14.9 Å². The Bertz CT molecular complexity index is 606. The molecule has 7 heteroatoms. The Morgan fingerprint density at radius 3 is 3.05 bits per heavy atom. The Hall–Kier alpha value is -1.60. The molecule has 2 heterocycles. The smallest absolute Gasteiger partial charge is 0.343 e. The zero-order valence-corrected chi connectivity index (χ0v) is 11.6. The summed E-state index contributed by atoms with van der Waals surface area (Å²) in [7, 11) is 0. The van der Waals surface area contributed by atoms with Crippen LogP contribution in [0.15, 0.2) is 33.3 Å². The van der Waals surface area contributed by atoms with Crippen molar-refractivity contribution in [1.29, 1.82) is 0 Å². The molecule has 1 atom stereocenters. The molecule has 6 nitrogen and oxygen atoms in total. The standard InChI is InChI=1S/C12H16N4O2S/c1-3-6-16-11(18)14-15-12(16)19-10-7-9(8(2)17)4-5-13-10/h4-5,7-8,17H,3,6H2,1-2H3,(H,14,18)/t8-/m1/s1. The van der Waals surface area contributed by atoms with E-state index in [0.717, 1.165) is 12.0 Å². The van der Waals surface area contributed by atoms with Crippen LogP contribution in [0.2, 0.25) is 0 Å². The third kappa shape index (κ3) is 3.24.